The summed E-state index contributed by atoms with van der Waals surface area (Å²) in [6.45, 7) is 12.0. The van der Waals surface area contributed by atoms with Gasteiger partial charge in [0.05, 0.1) is 0 Å². The van der Waals surface area contributed by atoms with Gasteiger partial charge in [-0.25, -0.2) is 0 Å². The number of hydrogen-bond donors (Lipinski definition) is 1. The lowest BCUT2D eigenvalue weighted by Crippen LogP contribution is -2.27. The molecule has 0 bridgehead atoms. The number of hydrogen-bond acceptors (Lipinski definition) is 3. The maximum absolute atomic E-state index is 10.2. The topological polar surface area (TPSA) is 78.0 Å². The summed E-state index contributed by atoms with van der Waals surface area (Å²) in [5.74, 6) is 0. The van der Waals surface area contributed by atoms with Crippen molar-refractivity contribution in [3.63, 3.8) is 0 Å². The Balaban J connectivity index is -0.000000134. The predicted octanol–water partition coefficient (Wildman–Crippen LogP) is 4.57. The molecule has 158 valence electrons. The molecule has 3 aromatic rings. The zero-order chi connectivity index (χ0) is 21.3. The van der Waals surface area contributed by atoms with Crippen molar-refractivity contribution < 1.29 is 19.4 Å². The number of aromatic nitrogens is 3. The van der Waals surface area contributed by atoms with Crippen LogP contribution in [0.25, 0.3) is 0 Å². The Hall–Kier alpha value is -3.15. The lowest BCUT2D eigenvalue weighted by molar-refractivity contribution is -0.904. The first-order valence-electron chi connectivity index (χ1n) is 9.11. The second-order valence-corrected chi connectivity index (χ2v) is 3.73. The molecule has 0 spiro atoms. The lowest BCUT2D eigenvalue weighted by atomic mass is 10.5. The third kappa shape index (κ3) is 25.1. The van der Waals surface area contributed by atoms with Gasteiger partial charge in [0.1, 0.15) is 0 Å². The summed E-state index contributed by atoms with van der Waals surface area (Å²) in [5, 5.41) is 28.9. The van der Waals surface area contributed by atoms with E-state index in [0.29, 0.717) is 0 Å². The molecule has 1 N–H and O–H groups in total. The van der Waals surface area contributed by atoms with E-state index in [4.69, 9.17) is 5.21 Å². The van der Waals surface area contributed by atoms with Crippen molar-refractivity contribution in [1.82, 2.24) is 0 Å². The van der Waals surface area contributed by atoms with Crippen LogP contribution in [0.5, 0.6) is 0 Å². The molecule has 0 aromatic carbocycles. The maximum Gasteiger partial charge on any atom is 0.222 e. The Labute approximate surface area is 171 Å². The van der Waals surface area contributed by atoms with E-state index in [2.05, 4.69) is 0 Å². The normalized spacial score (nSPS) is 7.07. The van der Waals surface area contributed by atoms with Gasteiger partial charge in [0.2, 0.25) is 12.4 Å². The van der Waals surface area contributed by atoms with Crippen LogP contribution in [0.2, 0.25) is 0 Å². The van der Waals surface area contributed by atoms with Crippen LogP contribution >= 0.6 is 0 Å². The highest BCUT2D eigenvalue weighted by atomic mass is 16.5. The van der Waals surface area contributed by atoms with Gasteiger partial charge in [-0.05, 0) is 0 Å². The molecule has 0 atom stereocenters. The molecular weight excluding hydrogens is 354 g/mol. The Kier molecular flexibility index (Phi) is 33.3. The van der Waals surface area contributed by atoms with Crippen LogP contribution in [0, 0.1) is 10.4 Å². The summed E-state index contributed by atoms with van der Waals surface area (Å²) in [5.41, 5.74) is 0. The van der Waals surface area contributed by atoms with Gasteiger partial charge in [-0.15, -0.1) is 0 Å². The highest BCUT2D eigenvalue weighted by Crippen LogP contribution is 1.73. The van der Waals surface area contributed by atoms with Crippen molar-refractivity contribution in [2.75, 3.05) is 0 Å². The van der Waals surface area contributed by atoms with Crippen molar-refractivity contribution in [3.05, 3.63) is 102 Å². The first-order chi connectivity index (χ1) is 13.2. The van der Waals surface area contributed by atoms with Crippen LogP contribution in [-0.4, -0.2) is 5.21 Å². The van der Waals surface area contributed by atoms with Gasteiger partial charge in [0, 0.05) is 41.1 Å². The van der Waals surface area contributed by atoms with E-state index >= 15 is 0 Å². The molecule has 6 heteroatoms. The average Bonchev–Trinajstić information content (AvgIpc) is 2.75. The third-order valence-electron chi connectivity index (χ3n) is 2.08. The average molecular weight is 393 g/mol. The minimum Gasteiger partial charge on any atom is -0.619 e. The number of rotatable bonds is 0. The molecule has 0 radical (unpaired) electrons. The van der Waals surface area contributed by atoms with Gasteiger partial charge in [-0.3, -0.25) is 5.21 Å². The van der Waals surface area contributed by atoms with Crippen molar-refractivity contribution in [3.8, 4) is 0 Å². The molecule has 0 aliphatic heterocycles. The fourth-order valence-electron chi connectivity index (χ4n) is 1.16. The molecule has 0 fully saturated rings. The van der Waals surface area contributed by atoms with E-state index in [1.807, 2.05) is 47.6 Å². The van der Waals surface area contributed by atoms with E-state index in [1.54, 1.807) is 60.9 Å². The fourth-order valence-corrected chi connectivity index (χ4v) is 1.16. The minimum absolute atomic E-state index is 0. The molecular formula is C22H38N3O3+. The van der Waals surface area contributed by atoms with Gasteiger partial charge < -0.3 is 10.4 Å². The number of nitrogens with zero attached hydrogens (tertiary/aromatic N) is 3. The number of pyridine rings is 3. The monoisotopic (exact) mass is 392 g/mol. The third-order valence-corrected chi connectivity index (χ3v) is 2.08. The zero-order valence-electron chi connectivity index (χ0n) is 17.3. The molecule has 0 amide bonds. The summed E-state index contributed by atoms with van der Waals surface area (Å²) in [4.78, 5) is 0. The first kappa shape index (κ1) is 32.5. The fraction of sp³-hybridized carbons (Fsp3) is 0.318. The Morgan fingerprint density at radius 3 is 0.786 bits per heavy atom. The maximum atomic E-state index is 10.2. The largest absolute Gasteiger partial charge is 0.619 e. The summed E-state index contributed by atoms with van der Waals surface area (Å²) in [6.07, 6.45) is 8.89. The van der Waals surface area contributed by atoms with E-state index in [9.17, 15) is 10.4 Å². The van der Waals surface area contributed by atoms with E-state index in [0.717, 1.165) is 14.2 Å². The molecule has 0 unspecified atom stereocenters. The van der Waals surface area contributed by atoms with Crippen molar-refractivity contribution in [2.45, 2.75) is 49.0 Å². The standard InChI is InChI=1S/C5H6NO.2C5H5NO.3C2H6.CH4/c3*7-6-4-2-1-3-5-6;3*1-2;/h1-5,7H;2*1-5H;3*1-2H3;1H4/q+1;;;;;;. The highest BCUT2D eigenvalue weighted by molar-refractivity contribution is 4.84. The van der Waals surface area contributed by atoms with Gasteiger partial charge in [0.25, 0.3) is 0 Å². The van der Waals surface area contributed by atoms with Crippen molar-refractivity contribution in [2.24, 2.45) is 0 Å². The van der Waals surface area contributed by atoms with Gasteiger partial charge in [-0.1, -0.05) is 67.2 Å². The first-order valence-corrected chi connectivity index (χ1v) is 9.11. The van der Waals surface area contributed by atoms with Crippen molar-refractivity contribution >= 4 is 0 Å². The van der Waals surface area contributed by atoms with Gasteiger partial charge >= 0.3 is 0 Å². The highest BCUT2D eigenvalue weighted by Gasteiger charge is 1.82. The molecule has 6 nitrogen and oxygen atoms in total. The zero-order valence-corrected chi connectivity index (χ0v) is 17.3. The second kappa shape index (κ2) is 28.6. The lowest BCUT2D eigenvalue weighted by Gasteiger charge is -1.88. The SMILES string of the molecule is C.CC.CC.CC.O[n+]1ccccc1.[O-][n+]1ccccc1.[O-][n+]1ccccc1. The summed E-state index contributed by atoms with van der Waals surface area (Å²) in [7, 11) is 0. The molecule has 3 rings (SSSR count). The molecule has 3 heterocycles. The van der Waals surface area contributed by atoms with Crippen molar-refractivity contribution in [1.29, 1.82) is 0 Å². The van der Waals surface area contributed by atoms with Crippen LogP contribution in [0.4, 0.5) is 0 Å². The molecule has 0 aliphatic carbocycles. The van der Waals surface area contributed by atoms with Crippen LogP contribution in [0.15, 0.2) is 91.8 Å². The molecule has 0 aliphatic rings. The minimum atomic E-state index is 0. The summed E-state index contributed by atoms with van der Waals surface area (Å²) >= 11 is 0. The van der Waals surface area contributed by atoms with Crippen LogP contribution < -0.4 is 14.2 Å². The summed E-state index contributed by atoms with van der Waals surface area (Å²) in [6, 6.07) is 15.7. The quantitative estimate of drug-likeness (QED) is 0.346. The molecule has 0 saturated carbocycles. The van der Waals surface area contributed by atoms with Crippen LogP contribution in [0.1, 0.15) is 49.0 Å². The van der Waals surface area contributed by atoms with Crippen LogP contribution in [0.3, 0.4) is 0 Å². The predicted molar refractivity (Wildman–Crippen MR) is 115 cm³/mol. The van der Waals surface area contributed by atoms with E-state index in [1.165, 1.54) is 24.8 Å². The smallest absolute Gasteiger partial charge is 0.222 e. The van der Waals surface area contributed by atoms with Crippen LogP contribution in [-0.2, 0) is 0 Å². The molecule has 3 aromatic heterocycles. The van der Waals surface area contributed by atoms with Gasteiger partial charge in [0.15, 0.2) is 24.8 Å². The van der Waals surface area contributed by atoms with Gasteiger partial charge in [-0.2, -0.15) is 9.46 Å². The summed E-state index contributed by atoms with van der Waals surface area (Å²) < 4.78 is 2.50. The Bertz CT molecular complexity index is 506. The molecule has 28 heavy (non-hydrogen) atoms. The van der Waals surface area contributed by atoms with E-state index < -0.39 is 0 Å². The Morgan fingerprint density at radius 1 is 0.464 bits per heavy atom. The second-order valence-electron chi connectivity index (χ2n) is 3.73. The molecule has 0 saturated heterocycles. The Morgan fingerprint density at radius 2 is 0.679 bits per heavy atom. The van der Waals surface area contributed by atoms with E-state index in [-0.39, 0.29) is 7.43 Å².